The third kappa shape index (κ3) is 2.02. The van der Waals surface area contributed by atoms with Crippen LogP contribution in [0.15, 0.2) is 24.3 Å². The number of methoxy groups -OCH3 is 1. The van der Waals surface area contributed by atoms with Gasteiger partial charge in [0.1, 0.15) is 0 Å². The maximum atomic E-state index is 13.2. The molecule has 1 aromatic carbocycles. The molecule has 0 aromatic heterocycles. The Labute approximate surface area is 81.2 Å². The molecule has 0 bridgehead atoms. The van der Waals surface area contributed by atoms with Crippen molar-refractivity contribution in [1.29, 1.82) is 5.26 Å². The van der Waals surface area contributed by atoms with Crippen molar-refractivity contribution in [3.8, 4) is 11.8 Å². The predicted molar refractivity (Wildman–Crippen MR) is 50.7 cm³/mol. The van der Waals surface area contributed by atoms with Gasteiger partial charge in [0.15, 0.2) is 11.6 Å². The van der Waals surface area contributed by atoms with Crippen LogP contribution in [0, 0.1) is 17.1 Å². The van der Waals surface area contributed by atoms with Gasteiger partial charge in [-0.3, -0.25) is 0 Å². The number of nitrogens with zero attached hydrogens (tertiary/aromatic N) is 1. The zero-order chi connectivity index (χ0) is 10.6. The summed E-state index contributed by atoms with van der Waals surface area (Å²) in [5.74, 6) is -0.349. The number of nitriles is 1. The van der Waals surface area contributed by atoms with E-state index in [9.17, 15) is 4.39 Å². The van der Waals surface area contributed by atoms with E-state index < -0.39 is 5.82 Å². The van der Waals surface area contributed by atoms with Crippen LogP contribution in [0.5, 0.6) is 5.75 Å². The molecule has 0 saturated carbocycles. The lowest BCUT2D eigenvalue weighted by Crippen LogP contribution is -1.97. The number of allylic oxidation sites excluding steroid dienone is 1. The van der Waals surface area contributed by atoms with E-state index in [1.54, 1.807) is 12.1 Å². The first-order chi connectivity index (χ1) is 6.69. The van der Waals surface area contributed by atoms with Crippen molar-refractivity contribution in [1.82, 2.24) is 0 Å². The summed E-state index contributed by atoms with van der Waals surface area (Å²) in [5, 5.41) is 8.34. The molecule has 3 nitrogen and oxygen atoms in total. The van der Waals surface area contributed by atoms with Gasteiger partial charge < -0.3 is 10.5 Å². The highest BCUT2D eigenvalue weighted by Gasteiger charge is 2.04. The van der Waals surface area contributed by atoms with Gasteiger partial charge >= 0.3 is 0 Å². The van der Waals surface area contributed by atoms with Crippen molar-refractivity contribution in [3.63, 3.8) is 0 Å². The van der Waals surface area contributed by atoms with Gasteiger partial charge in [-0.25, -0.2) is 4.39 Å². The number of ether oxygens (including phenoxy) is 1. The first kappa shape index (κ1) is 10.1. The average molecular weight is 192 g/mol. The van der Waals surface area contributed by atoms with Crippen LogP contribution in [0.25, 0.3) is 5.70 Å². The molecule has 0 amide bonds. The van der Waals surface area contributed by atoms with Crippen LogP contribution >= 0.6 is 0 Å². The molecule has 0 aliphatic carbocycles. The van der Waals surface area contributed by atoms with Gasteiger partial charge in [-0.1, -0.05) is 0 Å². The fraction of sp³-hybridized carbons (Fsp3) is 0.100. The minimum atomic E-state index is -0.501. The molecule has 0 radical (unpaired) electrons. The zero-order valence-electron chi connectivity index (χ0n) is 7.62. The Morgan fingerprint density at radius 2 is 2.36 bits per heavy atom. The van der Waals surface area contributed by atoms with Gasteiger partial charge in [-0.05, 0) is 18.2 Å². The van der Waals surface area contributed by atoms with E-state index in [-0.39, 0.29) is 11.4 Å². The maximum absolute atomic E-state index is 13.2. The Kier molecular flexibility index (Phi) is 3.08. The van der Waals surface area contributed by atoms with Crippen LogP contribution < -0.4 is 10.5 Å². The summed E-state index contributed by atoms with van der Waals surface area (Å²) in [6, 6.07) is 6.05. The standard InChI is InChI=1S/C10H9FN2O/c1-14-10-3-2-7(6-8(10)11)9(13)4-5-12/h2-4,6H,13H2,1H3/b9-4-. The minimum Gasteiger partial charge on any atom is -0.494 e. The second-order valence-corrected chi connectivity index (χ2v) is 2.58. The first-order valence-electron chi connectivity index (χ1n) is 3.88. The van der Waals surface area contributed by atoms with E-state index in [0.29, 0.717) is 5.56 Å². The molecule has 0 heterocycles. The molecule has 0 aliphatic rings. The van der Waals surface area contributed by atoms with Gasteiger partial charge in [0.05, 0.1) is 13.2 Å². The van der Waals surface area contributed by atoms with Gasteiger partial charge in [0, 0.05) is 17.3 Å². The van der Waals surface area contributed by atoms with Crippen LogP contribution in [0.2, 0.25) is 0 Å². The van der Waals surface area contributed by atoms with Crippen molar-refractivity contribution < 1.29 is 9.13 Å². The lowest BCUT2D eigenvalue weighted by atomic mass is 10.1. The highest BCUT2D eigenvalue weighted by Crippen LogP contribution is 2.20. The molecule has 14 heavy (non-hydrogen) atoms. The van der Waals surface area contributed by atoms with Gasteiger partial charge in [-0.15, -0.1) is 0 Å². The average Bonchev–Trinajstić information content (AvgIpc) is 2.18. The van der Waals surface area contributed by atoms with E-state index in [4.69, 9.17) is 15.7 Å². The van der Waals surface area contributed by atoms with E-state index in [0.717, 1.165) is 6.08 Å². The third-order valence-electron chi connectivity index (χ3n) is 1.71. The summed E-state index contributed by atoms with van der Waals surface area (Å²) < 4.78 is 17.9. The minimum absolute atomic E-state index is 0.151. The fourth-order valence-corrected chi connectivity index (χ4v) is 0.999. The van der Waals surface area contributed by atoms with E-state index in [2.05, 4.69) is 0 Å². The van der Waals surface area contributed by atoms with Gasteiger partial charge in [0.25, 0.3) is 0 Å². The van der Waals surface area contributed by atoms with Gasteiger partial charge in [0.2, 0.25) is 0 Å². The van der Waals surface area contributed by atoms with E-state index in [1.165, 1.54) is 19.2 Å². The summed E-state index contributed by atoms with van der Waals surface area (Å²) in [6.07, 6.45) is 1.15. The maximum Gasteiger partial charge on any atom is 0.165 e. The summed E-state index contributed by atoms with van der Waals surface area (Å²) in [7, 11) is 1.38. The normalized spacial score (nSPS) is 10.8. The molecule has 1 aromatic rings. The number of nitrogens with two attached hydrogens (primary N) is 1. The number of benzene rings is 1. The first-order valence-corrected chi connectivity index (χ1v) is 3.88. The van der Waals surface area contributed by atoms with Crippen molar-refractivity contribution in [2.24, 2.45) is 5.73 Å². The summed E-state index contributed by atoms with van der Waals surface area (Å²) in [6.45, 7) is 0. The molecule has 0 atom stereocenters. The Balaban J connectivity index is 3.10. The van der Waals surface area contributed by atoms with E-state index in [1.807, 2.05) is 0 Å². The molecular formula is C10H9FN2O. The van der Waals surface area contributed by atoms with Crippen LogP contribution in [0.1, 0.15) is 5.56 Å². The molecular weight excluding hydrogens is 183 g/mol. The number of halogens is 1. The highest BCUT2D eigenvalue weighted by atomic mass is 19.1. The SMILES string of the molecule is COc1ccc(/C(N)=C/C#N)cc1F. The van der Waals surface area contributed by atoms with Crippen molar-refractivity contribution in [3.05, 3.63) is 35.7 Å². The monoisotopic (exact) mass is 192 g/mol. The molecule has 1 rings (SSSR count). The van der Waals surface area contributed by atoms with Crippen molar-refractivity contribution in [2.75, 3.05) is 7.11 Å². The van der Waals surface area contributed by atoms with E-state index >= 15 is 0 Å². The predicted octanol–water partition coefficient (Wildman–Crippen LogP) is 1.66. The fourth-order valence-electron chi connectivity index (χ4n) is 0.999. The summed E-state index contributed by atoms with van der Waals surface area (Å²) in [4.78, 5) is 0. The Morgan fingerprint density at radius 3 is 2.86 bits per heavy atom. The van der Waals surface area contributed by atoms with Crippen molar-refractivity contribution in [2.45, 2.75) is 0 Å². The second-order valence-electron chi connectivity index (χ2n) is 2.58. The van der Waals surface area contributed by atoms with Crippen LogP contribution in [0.4, 0.5) is 4.39 Å². The summed E-state index contributed by atoms with van der Waals surface area (Å²) in [5.41, 5.74) is 6.19. The highest BCUT2D eigenvalue weighted by molar-refractivity contribution is 5.65. The quantitative estimate of drug-likeness (QED) is 0.725. The Hall–Kier alpha value is -2.02. The van der Waals surface area contributed by atoms with Crippen LogP contribution in [0.3, 0.4) is 0 Å². The molecule has 4 heteroatoms. The lowest BCUT2D eigenvalue weighted by molar-refractivity contribution is 0.386. The smallest absolute Gasteiger partial charge is 0.165 e. The third-order valence-corrected chi connectivity index (χ3v) is 1.71. The molecule has 0 aliphatic heterocycles. The number of hydrogen-bond acceptors (Lipinski definition) is 3. The van der Waals surface area contributed by atoms with Crippen LogP contribution in [-0.2, 0) is 0 Å². The number of rotatable bonds is 2. The van der Waals surface area contributed by atoms with Gasteiger partial charge in [-0.2, -0.15) is 5.26 Å². The molecule has 0 unspecified atom stereocenters. The van der Waals surface area contributed by atoms with Crippen LogP contribution in [-0.4, -0.2) is 7.11 Å². The Morgan fingerprint density at radius 1 is 1.64 bits per heavy atom. The zero-order valence-corrected chi connectivity index (χ0v) is 7.62. The largest absolute Gasteiger partial charge is 0.494 e. The topological polar surface area (TPSA) is 59.0 Å². The summed E-state index contributed by atoms with van der Waals surface area (Å²) >= 11 is 0. The molecule has 2 N–H and O–H groups in total. The lowest BCUT2D eigenvalue weighted by Gasteiger charge is -2.04. The van der Waals surface area contributed by atoms with Crippen molar-refractivity contribution >= 4 is 5.70 Å². The molecule has 0 fully saturated rings. The molecule has 0 saturated heterocycles. The molecule has 0 spiro atoms. The molecule has 72 valence electrons. The Bertz CT molecular complexity index is 407. The number of hydrogen-bond donors (Lipinski definition) is 1. The second kappa shape index (κ2) is 4.28.